The second kappa shape index (κ2) is 7.12. The van der Waals surface area contributed by atoms with Crippen molar-refractivity contribution in [2.24, 2.45) is 0 Å². The van der Waals surface area contributed by atoms with Gasteiger partial charge in [-0.15, -0.1) is 11.8 Å². The fraction of sp³-hybridized carbons (Fsp3) is 0.250. The molecule has 1 aromatic rings. The third kappa shape index (κ3) is 4.84. The molecule has 0 spiro atoms. The SMILES string of the molecule is C=C(CCc1ccc(SC)cc1)NC(=C)C(=C)C. The Kier molecular flexibility index (Phi) is 5.79. The lowest BCUT2D eigenvalue weighted by Crippen LogP contribution is -2.12. The van der Waals surface area contributed by atoms with Gasteiger partial charge in [-0.1, -0.05) is 31.9 Å². The van der Waals surface area contributed by atoms with Crippen molar-refractivity contribution in [2.45, 2.75) is 24.7 Å². The second-order valence-electron chi connectivity index (χ2n) is 4.34. The fourth-order valence-corrected chi connectivity index (χ4v) is 1.88. The fourth-order valence-electron chi connectivity index (χ4n) is 1.47. The van der Waals surface area contributed by atoms with Crippen LogP contribution in [0.15, 0.2) is 65.9 Å². The number of benzene rings is 1. The Morgan fingerprint density at radius 2 is 1.78 bits per heavy atom. The summed E-state index contributed by atoms with van der Waals surface area (Å²) in [5.74, 6) is 0. The van der Waals surface area contributed by atoms with Crippen LogP contribution in [0.5, 0.6) is 0 Å². The van der Waals surface area contributed by atoms with Gasteiger partial charge in [0, 0.05) is 16.3 Å². The first kappa shape index (κ1) is 14.7. The van der Waals surface area contributed by atoms with Gasteiger partial charge in [0.05, 0.1) is 0 Å². The van der Waals surface area contributed by atoms with E-state index in [0.29, 0.717) is 0 Å². The first-order valence-electron chi connectivity index (χ1n) is 5.95. The van der Waals surface area contributed by atoms with Gasteiger partial charge in [0.25, 0.3) is 0 Å². The maximum Gasteiger partial charge on any atom is 0.0332 e. The Hall–Kier alpha value is -1.41. The van der Waals surface area contributed by atoms with Gasteiger partial charge in [-0.3, -0.25) is 0 Å². The summed E-state index contributed by atoms with van der Waals surface area (Å²) >= 11 is 1.76. The molecular formula is C16H21NS. The molecule has 0 atom stereocenters. The zero-order valence-electron chi connectivity index (χ0n) is 11.3. The molecule has 0 aliphatic heterocycles. The molecule has 1 aromatic carbocycles. The van der Waals surface area contributed by atoms with Crippen LogP contribution in [0.25, 0.3) is 0 Å². The average molecular weight is 259 g/mol. The third-order valence-electron chi connectivity index (χ3n) is 2.72. The first-order chi connectivity index (χ1) is 8.52. The van der Waals surface area contributed by atoms with Crippen molar-refractivity contribution in [2.75, 3.05) is 6.26 Å². The van der Waals surface area contributed by atoms with E-state index in [1.54, 1.807) is 11.8 Å². The molecule has 2 heteroatoms. The Labute approximate surface area is 115 Å². The predicted octanol–water partition coefficient (Wildman–Crippen LogP) is 4.53. The molecule has 0 fully saturated rings. The van der Waals surface area contributed by atoms with Crippen molar-refractivity contribution in [3.8, 4) is 0 Å². The molecular weight excluding hydrogens is 238 g/mol. The molecule has 0 radical (unpaired) electrons. The molecule has 1 N–H and O–H groups in total. The highest BCUT2D eigenvalue weighted by Crippen LogP contribution is 2.16. The summed E-state index contributed by atoms with van der Waals surface area (Å²) in [6.45, 7) is 13.7. The summed E-state index contributed by atoms with van der Waals surface area (Å²) in [5, 5.41) is 3.18. The molecule has 1 nitrogen and oxygen atoms in total. The van der Waals surface area contributed by atoms with E-state index in [1.165, 1.54) is 10.5 Å². The molecule has 0 unspecified atom stereocenters. The molecule has 0 saturated heterocycles. The van der Waals surface area contributed by atoms with Crippen LogP contribution in [0.1, 0.15) is 18.9 Å². The Morgan fingerprint density at radius 1 is 1.17 bits per heavy atom. The molecule has 96 valence electrons. The van der Waals surface area contributed by atoms with Gasteiger partial charge < -0.3 is 5.32 Å². The molecule has 0 aliphatic rings. The topological polar surface area (TPSA) is 12.0 Å². The van der Waals surface area contributed by atoms with Crippen LogP contribution in [0.3, 0.4) is 0 Å². The number of nitrogens with one attached hydrogen (secondary N) is 1. The Balaban J connectivity index is 2.42. The third-order valence-corrected chi connectivity index (χ3v) is 3.46. The Morgan fingerprint density at radius 3 is 2.28 bits per heavy atom. The summed E-state index contributed by atoms with van der Waals surface area (Å²) in [4.78, 5) is 1.30. The minimum atomic E-state index is 0.845. The number of hydrogen-bond acceptors (Lipinski definition) is 2. The van der Waals surface area contributed by atoms with Crippen LogP contribution in [0.4, 0.5) is 0 Å². The van der Waals surface area contributed by atoms with Crippen LogP contribution in [-0.4, -0.2) is 6.26 Å². The highest BCUT2D eigenvalue weighted by molar-refractivity contribution is 7.98. The van der Waals surface area contributed by atoms with E-state index in [2.05, 4.69) is 55.6 Å². The highest BCUT2D eigenvalue weighted by atomic mass is 32.2. The van der Waals surface area contributed by atoms with Crippen molar-refractivity contribution in [3.05, 3.63) is 66.5 Å². The van der Waals surface area contributed by atoms with Crippen molar-refractivity contribution >= 4 is 11.8 Å². The number of allylic oxidation sites excluding steroid dienone is 2. The quantitative estimate of drug-likeness (QED) is 0.570. The highest BCUT2D eigenvalue weighted by Gasteiger charge is 1.99. The first-order valence-corrected chi connectivity index (χ1v) is 7.18. The largest absolute Gasteiger partial charge is 0.360 e. The number of rotatable bonds is 7. The van der Waals surface area contributed by atoms with Crippen LogP contribution in [-0.2, 0) is 6.42 Å². The van der Waals surface area contributed by atoms with E-state index in [-0.39, 0.29) is 0 Å². The lowest BCUT2D eigenvalue weighted by atomic mass is 10.1. The van der Waals surface area contributed by atoms with Crippen LogP contribution >= 0.6 is 11.8 Å². The monoisotopic (exact) mass is 259 g/mol. The van der Waals surface area contributed by atoms with Gasteiger partial charge in [-0.05, 0) is 49.3 Å². The maximum atomic E-state index is 4.01. The van der Waals surface area contributed by atoms with Crippen molar-refractivity contribution < 1.29 is 0 Å². The van der Waals surface area contributed by atoms with Crippen molar-refractivity contribution in [3.63, 3.8) is 0 Å². The Bertz CT molecular complexity index is 443. The van der Waals surface area contributed by atoms with Gasteiger partial charge in [-0.2, -0.15) is 0 Å². The second-order valence-corrected chi connectivity index (χ2v) is 5.22. The number of aryl methyl sites for hydroxylation is 1. The zero-order chi connectivity index (χ0) is 13.5. The molecule has 0 aromatic heterocycles. The molecule has 0 bridgehead atoms. The molecule has 0 saturated carbocycles. The summed E-state index contributed by atoms with van der Waals surface area (Å²) in [6.07, 6.45) is 3.99. The van der Waals surface area contributed by atoms with Gasteiger partial charge in [0.2, 0.25) is 0 Å². The van der Waals surface area contributed by atoms with Gasteiger partial charge in [0.1, 0.15) is 0 Å². The van der Waals surface area contributed by atoms with E-state index in [1.807, 2.05) is 6.92 Å². The van der Waals surface area contributed by atoms with Crippen LogP contribution < -0.4 is 5.32 Å². The summed E-state index contributed by atoms with van der Waals surface area (Å²) in [7, 11) is 0. The summed E-state index contributed by atoms with van der Waals surface area (Å²) < 4.78 is 0. The van der Waals surface area contributed by atoms with E-state index in [4.69, 9.17) is 0 Å². The maximum absolute atomic E-state index is 4.01. The standard InChI is InChI=1S/C16H21NS/c1-12(2)14(4)17-13(3)6-7-15-8-10-16(18-5)11-9-15/h8-11,17H,1,3-4,6-7H2,2,5H3. The number of thioether (sulfide) groups is 1. The average Bonchev–Trinajstić information content (AvgIpc) is 2.36. The van der Waals surface area contributed by atoms with Gasteiger partial charge in [-0.25, -0.2) is 0 Å². The smallest absolute Gasteiger partial charge is 0.0332 e. The van der Waals surface area contributed by atoms with E-state index >= 15 is 0 Å². The predicted molar refractivity (Wildman–Crippen MR) is 82.8 cm³/mol. The zero-order valence-corrected chi connectivity index (χ0v) is 12.1. The molecule has 0 heterocycles. The van der Waals surface area contributed by atoms with Crippen molar-refractivity contribution in [1.82, 2.24) is 5.32 Å². The van der Waals surface area contributed by atoms with Crippen molar-refractivity contribution in [1.29, 1.82) is 0 Å². The lowest BCUT2D eigenvalue weighted by molar-refractivity contribution is 0.844. The van der Waals surface area contributed by atoms with E-state index in [9.17, 15) is 0 Å². The summed E-state index contributed by atoms with van der Waals surface area (Å²) in [6, 6.07) is 8.66. The minimum absolute atomic E-state index is 0.845. The van der Waals surface area contributed by atoms with Gasteiger partial charge in [0.15, 0.2) is 0 Å². The summed E-state index contributed by atoms with van der Waals surface area (Å²) in [5.41, 5.74) is 4.10. The van der Waals surface area contributed by atoms with Crippen LogP contribution in [0, 0.1) is 0 Å². The molecule has 18 heavy (non-hydrogen) atoms. The molecule has 0 aliphatic carbocycles. The van der Waals surface area contributed by atoms with E-state index in [0.717, 1.165) is 29.8 Å². The number of hydrogen-bond donors (Lipinski definition) is 1. The lowest BCUT2D eigenvalue weighted by Gasteiger charge is -2.12. The van der Waals surface area contributed by atoms with E-state index < -0.39 is 0 Å². The molecule has 0 amide bonds. The van der Waals surface area contributed by atoms with Gasteiger partial charge >= 0.3 is 0 Å². The minimum Gasteiger partial charge on any atom is -0.360 e. The molecule has 1 rings (SSSR count). The van der Waals surface area contributed by atoms with Crippen LogP contribution in [0.2, 0.25) is 0 Å². The normalized spacial score (nSPS) is 9.89.